The van der Waals surface area contributed by atoms with Crippen LogP contribution in [0.15, 0.2) is 53.8 Å². The van der Waals surface area contributed by atoms with Crippen molar-refractivity contribution in [2.24, 2.45) is 0 Å². The van der Waals surface area contributed by atoms with Crippen LogP contribution in [0.4, 0.5) is 11.4 Å². The van der Waals surface area contributed by atoms with E-state index >= 15 is 0 Å². The molecule has 9 heteroatoms. The SMILES string of the molecule is Nc1c(-c2nnc(SCC(=O)Nc3ccccc3)n2C2CCCC2)sc2ncccc12. The van der Waals surface area contributed by atoms with Gasteiger partial charge in [-0.3, -0.25) is 9.36 Å². The molecule has 0 bridgehead atoms. The summed E-state index contributed by atoms with van der Waals surface area (Å²) in [6.07, 6.45) is 6.31. The maximum absolute atomic E-state index is 12.5. The Balaban J connectivity index is 1.43. The smallest absolute Gasteiger partial charge is 0.234 e. The van der Waals surface area contributed by atoms with Crippen molar-refractivity contribution >= 4 is 50.6 Å². The maximum Gasteiger partial charge on any atom is 0.234 e. The minimum absolute atomic E-state index is 0.0655. The molecule has 158 valence electrons. The van der Waals surface area contributed by atoms with Crippen molar-refractivity contribution in [3.8, 4) is 10.7 Å². The number of carbonyl (C=O) groups is 1. The fraction of sp³-hybridized carbons (Fsp3) is 0.273. The van der Waals surface area contributed by atoms with Crippen LogP contribution in [0.25, 0.3) is 20.9 Å². The van der Waals surface area contributed by atoms with Gasteiger partial charge in [0.15, 0.2) is 11.0 Å². The molecule has 1 aliphatic carbocycles. The molecule has 3 heterocycles. The summed E-state index contributed by atoms with van der Waals surface area (Å²) in [5, 5.41) is 13.6. The normalized spacial score (nSPS) is 14.3. The zero-order chi connectivity index (χ0) is 21.2. The van der Waals surface area contributed by atoms with Gasteiger partial charge in [-0.1, -0.05) is 42.8 Å². The standard InChI is InChI=1S/C22H22N6OS2/c23-18-16-11-6-12-24-21(16)31-19(18)20-26-27-22(28(20)15-9-4-5-10-15)30-13-17(29)25-14-7-2-1-3-8-14/h1-3,6-8,11-12,15H,4-5,9-10,13,23H2,(H,25,29). The number of aromatic nitrogens is 4. The van der Waals surface area contributed by atoms with E-state index in [-0.39, 0.29) is 11.7 Å². The fourth-order valence-electron chi connectivity index (χ4n) is 3.99. The van der Waals surface area contributed by atoms with Crippen molar-refractivity contribution in [2.45, 2.75) is 36.9 Å². The molecule has 1 fully saturated rings. The van der Waals surface area contributed by atoms with E-state index in [4.69, 9.17) is 5.73 Å². The number of thioether (sulfide) groups is 1. The molecule has 0 atom stereocenters. The fourth-order valence-corrected chi connectivity index (χ4v) is 5.84. The number of nitrogen functional groups attached to an aromatic ring is 1. The monoisotopic (exact) mass is 450 g/mol. The lowest BCUT2D eigenvalue weighted by Gasteiger charge is -2.16. The van der Waals surface area contributed by atoms with Gasteiger partial charge in [0.05, 0.1) is 16.3 Å². The first-order valence-corrected chi connectivity index (χ1v) is 12.1. The first kappa shape index (κ1) is 20.0. The van der Waals surface area contributed by atoms with Gasteiger partial charge in [-0.25, -0.2) is 4.98 Å². The van der Waals surface area contributed by atoms with Gasteiger partial charge < -0.3 is 11.1 Å². The molecule has 3 aromatic heterocycles. The summed E-state index contributed by atoms with van der Waals surface area (Å²) in [6.45, 7) is 0. The molecule has 0 unspecified atom stereocenters. The van der Waals surface area contributed by atoms with E-state index < -0.39 is 0 Å². The van der Waals surface area contributed by atoms with Crippen LogP contribution in [0.3, 0.4) is 0 Å². The number of thiophene rings is 1. The summed E-state index contributed by atoms with van der Waals surface area (Å²) in [4.78, 5) is 18.7. The Morgan fingerprint density at radius 2 is 1.97 bits per heavy atom. The summed E-state index contributed by atoms with van der Waals surface area (Å²) < 4.78 is 2.19. The summed E-state index contributed by atoms with van der Waals surface area (Å²) in [7, 11) is 0. The third-order valence-electron chi connectivity index (χ3n) is 5.45. The number of rotatable bonds is 6. The van der Waals surface area contributed by atoms with E-state index in [9.17, 15) is 4.79 Å². The van der Waals surface area contributed by atoms with Gasteiger partial charge in [0.1, 0.15) is 4.83 Å². The van der Waals surface area contributed by atoms with Gasteiger partial charge in [-0.15, -0.1) is 21.5 Å². The van der Waals surface area contributed by atoms with E-state index in [0.29, 0.717) is 11.7 Å². The molecule has 5 rings (SSSR count). The molecular weight excluding hydrogens is 428 g/mol. The number of nitrogens with zero attached hydrogens (tertiary/aromatic N) is 4. The van der Waals surface area contributed by atoms with Gasteiger partial charge in [0, 0.05) is 23.3 Å². The van der Waals surface area contributed by atoms with Crippen molar-refractivity contribution in [3.05, 3.63) is 48.7 Å². The highest BCUT2D eigenvalue weighted by molar-refractivity contribution is 7.99. The molecule has 0 saturated heterocycles. The number of hydrogen-bond acceptors (Lipinski definition) is 7. The molecule has 0 radical (unpaired) electrons. The van der Waals surface area contributed by atoms with Crippen LogP contribution >= 0.6 is 23.1 Å². The predicted octanol–water partition coefficient (Wildman–Crippen LogP) is 4.98. The summed E-state index contributed by atoms with van der Waals surface area (Å²) >= 11 is 2.96. The molecule has 0 aliphatic heterocycles. The van der Waals surface area contributed by atoms with Crippen LogP contribution < -0.4 is 11.1 Å². The maximum atomic E-state index is 12.5. The number of benzene rings is 1. The third-order valence-corrected chi connectivity index (χ3v) is 7.52. The quantitative estimate of drug-likeness (QED) is 0.402. The van der Waals surface area contributed by atoms with Gasteiger partial charge in [-0.2, -0.15) is 0 Å². The van der Waals surface area contributed by atoms with Gasteiger partial charge in [0.25, 0.3) is 0 Å². The number of hydrogen-bond donors (Lipinski definition) is 2. The minimum Gasteiger partial charge on any atom is -0.397 e. The topological polar surface area (TPSA) is 98.7 Å². The van der Waals surface area contributed by atoms with Crippen LogP contribution in [0.5, 0.6) is 0 Å². The Bertz CT molecular complexity index is 1210. The number of carbonyl (C=O) groups excluding carboxylic acids is 1. The summed E-state index contributed by atoms with van der Waals surface area (Å²) in [5.74, 6) is 0.978. The second kappa shape index (κ2) is 8.68. The predicted molar refractivity (Wildman–Crippen MR) is 126 cm³/mol. The van der Waals surface area contributed by atoms with Crippen LogP contribution in [-0.2, 0) is 4.79 Å². The molecule has 1 aliphatic rings. The highest BCUT2D eigenvalue weighted by atomic mass is 32.2. The van der Waals surface area contributed by atoms with Crippen molar-refractivity contribution in [3.63, 3.8) is 0 Å². The van der Waals surface area contributed by atoms with Gasteiger partial charge in [-0.05, 0) is 37.1 Å². The number of pyridine rings is 1. The Morgan fingerprint density at radius 3 is 2.74 bits per heavy atom. The number of para-hydroxylation sites is 1. The van der Waals surface area contributed by atoms with Crippen molar-refractivity contribution < 1.29 is 4.79 Å². The zero-order valence-corrected chi connectivity index (χ0v) is 18.5. The van der Waals surface area contributed by atoms with E-state index in [1.807, 2.05) is 42.5 Å². The molecule has 31 heavy (non-hydrogen) atoms. The summed E-state index contributed by atoms with van der Waals surface area (Å²) in [6, 6.07) is 13.7. The van der Waals surface area contributed by atoms with Crippen molar-refractivity contribution in [1.29, 1.82) is 0 Å². The molecule has 1 saturated carbocycles. The second-order valence-corrected chi connectivity index (χ2v) is 9.46. The Kier molecular flexibility index (Phi) is 5.61. The second-order valence-electron chi connectivity index (χ2n) is 7.52. The molecule has 1 amide bonds. The Labute approximate surface area is 188 Å². The van der Waals surface area contributed by atoms with Crippen LogP contribution in [0.2, 0.25) is 0 Å². The van der Waals surface area contributed by atoms with Crippen LogP contribution in [0.1, 0.15) is 31.7 Å². The van der Waals surface area contributed by atoms with E-state index in [0.717, 1.165) is 44.6 Å². The van der Waals surface area contributed by atoms with E-state index in [2.05, 4.69) is 25.1 Å². The number of fused-ring (bicyclic) bond motifs is 1. The Morgan fingerprint density at radius 1 is 1.16 bits per heavy atom. The highest BCUT2D eigenvalue weighted by Gasteiger charge is 2.27. The first-order valence-electron chi connectivity index (χ1n) is 10.3. The number of anilines is 2. The average molecular weight is 451 g/mol. The third kappa shape index (κ3) is 4.03. The molecule has 1 aromatic carbocycles. The summed E-state index contributed by atoms with van der Waals surface area (Å²) in [5.41, 5.74) is 7.96. The minimum atomic E-state index is -0.0655. The van der Waals surface area contributed by atoms with Gasteiger partial charge >= 0.3 is 0 Å². The van der Waals surface area contributed by atoms with Crippen molar-refractivity contribution in [1.82, 2.24) is 19.7 Å². The zero-order valence-electron chi connectivity index (χ0n) is 16.8. The largest absolute Gasteiger partial charge is 0.397 e. The van der Waals surface area contributed by atoms with Crippen LogP contribution in [0, 0.1) is 0 Å². The number of nitrogens with one attached hydrogen (secondary N) is 1. The average Bonchev–Trinajstić information content (AvgIpc) is 3.52. The lowest BCUT2D eigenvalue weighted by atomic mass is 10.2. The molecule has 0 spiro atoms. The molecule has 4 aromatic rings. The van der Waals surface area contributed by atoms with E-state index in [1.165, 1.54) is 24.6 Å². The molecule has 3 N–H and O–H groups in total. The number of amides is 1. The molecular formula is C22H22N6OS2. The lowest BCUT2D eigenvalue weighted by Crippen LogP contribution is -2.15. The van der Waals surface area contributed by atoms with Gasteiger partial charge in [0.2, 0.25) is 5.91 Å². The lowest BCUT2D eigenvalue weighted by molar-refractivity contribution is -0.113. The number of nitrogens with two attached hydrogens (primary N) is 1. The first-order chi connectivity index (χ1) is 15.2. The van der Waals surface area contributed by atoms with Crippen LogP contribution in [-0.4, -0.2) is 31.4 Å². The van der Waals surface area contributed by atoms with Crippen molar-refractivity contribution in [2.75, 3.05) is 16.8 Å². The highest BCUT2D eigenvalue weighted by Crippen LogP contribution is 2.43. The molecule has 7 nitrogen and oxygen atoms in total. The Hall–Kier alpha value is -2.91. The van der Waals surface area contributed by atoms with E-state index in [1.54, 1.807) is 17.5 Å².